The second-order valence-corrected chi connectivity index (χ2v) is 2.60. The number of nitrogens with two attached hydrogens (primary N) is 4. The standard InChI is InChI=1S/C8H12N6/c9-5-2-1-3-6(4-5)13-8(12)14-7(10)11/h1-4H,9H2,(H6,10,11,12,13,14). The average molecular weight is 192 g/mol. The number of nitrogens with zero attached hydrogens (tertiary/aromatic N) is 2. The third-order valence-electron chi connectivity index (χ3n) is 1.36. The second kappa shape index (κ2) is 4.13. The van der Waals surface area contributed by atoms with Crippen LogP contribution in [0.4, 0.5) is 11.4 Å². The first-order chi connectivity index (χ1) is 6.58. The maximum atomic E-state index is 5.54. The van der Waals surface area contributed by atoms with Crippen molar-refractivity contribution in [2.75, 3.05) is 5.73 Å². The summed E-state index contributed by atoms with van der Waals surface area (Å²) in [5.41, 5.74) is 22.4. The predicted octanol–water partition coefficient (Wildman–Crippen LogP) is -0.512. The normalized spacial score (nSPS) is 11.0. The zero-order valence-corrected chi connectivity index (χ0v) is 7.51. The fraction of sp³-hybridized carbons (Fsp3) is 0. The summed E-state index contributed by atoms with van der Waals surface area (Å²) >= 11 is 0. The number of aliphatic imine (C=N–C) groups is 2. The molecule has 74 valence electrons. The van der Waals surface area contributed by atoms with Crippen LogP contribution in [0.5, 0.6) is 0 Å². The summed E-state index contributed by atoms with van der Waals surface area (Å²) < 4.78 is 0. The summed E-state index contributed by atoms with van der Waals surface area (Å²) in [6.07, 6.45) is 0. The van der Waals surface area contributed by atoms with Crippen LogP contribution in [0.15, 0.2) is 34.3 Å². The Bertz CT molecular complexity index is 377. The lowest BCUT2D eigenvalue weighted by molar-refractivity contribution is 1.38. The first-order valence-electron chi connectivity index (χ1n) is 3.87. The van der Waals surface area contributed by atoms with Crippen molar-refractivity contribution in [3.8, 4) is 0 Å². The van der Waals surface area contributed by atoms with E-state index in [9.17, 15) is 0 Å². The molecular weight excluding hydrogens is 180 g/mol. The maximum Gasteiger partial charge on any atom is 0.223 e. The van der Waals surface area contributed by atoms with Crippen LogP contribution >= 0.6 is 0 Å². The lowest BCUT2D eigenvalue weighted by Crippen LogP contribution is -2.26. The van der Waals surface area contributed by atoms with Gasteiger partial charge in [-0.1, -0.05) is 6.07 Å². The van der Waals surface area contributed by atoms with Gasteiger partial charge in [0.15, 0.2) is 5.96 Å². The lowest BCUT2D eigenvalue weighted by atomic mass is 10.3. The topological polar surface area (TPSA) is 129 Å². The molecule has 0 atom stereocenters. The van der Waals surface area contributed by atoms with Gasteiger partial charge in [0.2, 0.25) is 5.96 Å². The highest BCUT2D eigenvalue weighted by atomic mass is 15.1. The van der Waals surface area contributed by atoms with Crippen molar-refractivity contribution in [2.24, 2.45) is 27.2 Å². The average Bonchev–Trinajstić information content (AvgIpc) is 2.01. The summed E-state index contributed by atoms with van der Waals surface area (Å²) in [7, 11) is 0. The van der Waals surface area contributed by atoms with E-state index in [1.165, 1.54) is 0 Å². The monoisotopic (exact) mass is 192 g/mol. The van der Waals surface area contributed by atoms with Crippen molar-refractivity contribution in [1.29, 1.82) is 0 Å². The van der Waals surface area contributed by atoms with E-state index in [4.69, 9.17) is 22.9 Å². The molecule has 0 saturated carbocycles. The van der Waals surface area contributed by atoms with Gasteiger partial charge in [-0.05, 0) is 18.2 Å². The number of guanidine groups is 2. The minimum Gasteiger partial charge on any atom is -0.399 e. The molecule has 6 heteroatoms. The Labute approximate surface area is 81.3 Å². The highest BCUT2D eigenvalue weighted by molar-refractivity contribution is 5.93. The van der Waals surface area contributed by atoms with Crippen molar-refractivity contribution >= 4 is 23.3 Å². The molecule has 1 aromatic rings. The first-order valence-corrected chi connectivity index (χ1v) is 3.87. The minimum absolute atomic E-state index is 0.00407. The zero-order valence-electron chi connectivity index (χ0n) is 7.51. The van der Waals surface area contributed by atoms with Crippen molar-refractivity contribution < 1.29 is 0 Å². The molecule has 0 bridgehead atoms. The van der Waals surface area contributed by atoms with Crippen LogP contribution in [-0.2, 0) is 0 Å². The Morgan fingerprint density at radius 2 is 1.86 bits per heavy atom. The largest absolute Gasteiger partial charge is 0.399 e. The van der Waals surface area contributed by atoms with Gasteiger partial charge in [0, 0.05) is 5.69 Å². The summed E-state index contributed by atoms with van der Waals surface area (Å²) in [6.45, 7) is 0. The number of anilines is 1. The smallest absolute Gasteiger partial charge is 0.223 e. The Hall–Kier alpha value is -2.24. The van der Waals surface area contributed by atoms with E-state index in [0.717, 1.165) is 0 Å². The van der Waals surface area contributed by atoms with Crippen molar-refractivity contribution in [3.05, 3.63) is 24.3 Å². The van der Waals surface area contributed by atoms with Gasteiger partial charge in [-0.25, -0.2) is 4.99 Å². The molecular formula is C8H12N6. The van der Waals surface area contributed by atoms with E-state index in [2.05, 4.69) is 9.98 Å². The van der Waals surface area contributed by atoms with Gasteiger partial charge in [-0.3, -0.25) is 0 Å². The quantitative estimate of drug-likeness (QED) is 0.271. The van der Waals surface area contributed by atoms with Crippen LogP contribution in [0.2, 0.25) is 0 Å². The molecule has 0 amide bonds. The molecule has 0 spiro atoms. The zero-order chi connectivity index (χ0) is 10.6. The molecule has 8 N–H and O–H groups in total. The number of hydrogen-bond donors (Lipinski definition) is 4. The Balaban J connectivity index is 2.92. The molecule has 0 aliphatic heterocycles. The highest BCUT2D eigenvalue weighted by Gasteiger charge is 1.92. The van der Waals surface area contributed by atoms with Gasteiger partial charge in [0.1, 0.15) is 0 Å². The Kier molecular flexibility index (Phi) is 2.90. The van der Waals surface area contributed by atoms with Gasteiger partial charge >= 0.3 is 0 Å². The SMILES string of the molecule is NC(N)=NC(N)=Nc1cccc(N)c1. The molecule has 0 aromatic heterocycles. The van der Waals surface area contributed by atoms with Crippen LogP contribution in [0, 0.1) is 0 Å². The van der Waals surface area contributed by atoms with E-state index in [0.29, 0.717) is 11.4 Å². The summed E-state index contributed by atoms with van der Waals surface area (Å²) in [5, 5.41) is 0. The van der Waals surface area contributed by atoms with Crippen molar-refractivity contribution in [2.45, 2.75) is 0 Å². The van der Waals surface area contributed by atoms with E-state index < -0.39 is 0 Å². The molecule has 1 rings (SSSR count). The van der Waals surface area contributed by atoms with Gasteiger partial charge in [-0.2, -0.15) is 4.99 Å². The van der Waals surface area contributed by atoms with Crippen LogP contribution in [0.1, 0.15) is 0 Å². The van der Waals surface area contributed by atoms with Crippen LogP contribution < -0.4 is 22.9 Å². The molecule has 0 aliphatic carbocycles. The van der Waals surface area contributed by atoms with Gasteiger partial charge < -0.3 is 22.9 Å². The molecule has 6 nitrogen and oxygen atoms in total. The molecule has 0 radical (unpaired) electrons. The highest BCUT2D eigenvalue weighted by Crippen LogP contribution is 2.14. The third-order valence-corrected chi connectivity index (χ3v) is 1.36. The fourth-order valence-corrected chi connectivity index (χ4v) is 0.884. The third kappa shape index (κ3) is 3.02. The Morgan fingerprint density at radius 3 is 2.43 bits per heavy atom. The lowest BCUT2D eigenvalue weighted by Gasteiger charge is -1.97. The molecule has 0 unspecified atom stereocenters. The fourth-order valence-electron chi connectivity index (χ4n) is 0.884. The van der Waals surface area contributed by atoms with E-state index in [1.54, 1.807) is 24.3 Å². The van der Waals surface area contributed by atoms with Gasteiger partial charge in [-0.15, -0.1) is 0 Å². The van der Waals surface area contributed by atoms with Crippen molar-refractivity contribution in [1.82, 2.24) is 0 Å². The minimum atomic E-state index is -0.129. The van der Waals surface area contributed by atoms with E-state index in [1.807, 2.05) is 0 Å². The number of rotatable bonds is 1. The van der Waals surface area contributed by atoms with E-state index in [-0.39, 0.29) is 11.9 Å². The number of nitrogen functional groups attached to an aromatic ring is 1. The molecule has 0 fully saturated rings. The van der Waals surface area contributed by atoms with Crippen LogP contribution in [0.25, 0.3) is 0 Å². The first kappa shape index (κ1) is 9.85. The van der Waals surface area contributed by atoms with E-state index >= 15 is 0 Å². The molecule has 1 aromatic carbocycles. The summed E-state index contributed by atoms with van der Waals surface area (Å²) in [4.78, 5) is 7.49. The van der Waals surface area contributed by atoms with Crippen LogP contribution in [-0.4, -0.2) is 11.9 Å². The molecule has 0 saturated heterocycles. The number of hydrogen-bond acceptors (Lipinski definition) is 2. The van der Waals surface area contributed by atoms with Crippen LogP contribution in [0.3, 0.4) is 0 Å². The number of benzene rings is 1. The van der Waals surface area contributed by atoms with Gasteiger partial charge in [0.25, 0.3) is 0 Å². The molecule has 0 heterocycles. The summed E-state index contributed by atoms with van der Waals surface area (Å²) in [6, 6.07) is 6.91. The van der Waals surface area contributed by atoms with Gasteiger partial charge in [0.05, 0.1) is 5.69 Å². The molecule has 0 aliphatic rings. The second-order valence-electron chi connectivity index (χ2n) is 2.60. The maximum absolute atomic E-state index is 5.54. The predicted molar refractivity (Wildman–Crippen MR) is 57.9 cm³/mol. The summed E-state index contributed by atoms with van der Waals surface area (Å²) in [5.74, 6) is -0.134. The molecule has 14 heavy (non-hydrogen) atoms. The Morgan fingerprint density at radius 1 is 1.14 bits per heavy atom. The van der Waals surface area contributed by atoms with Crippen molar-refractivity contribution in [3.63, 3.8) is 0 Å².